The van der Waals surface area contributed by atoms with Crippen LogP contribution in [0.3, 0.4) is 0 Å². The van der Waals surface area contributed by atoms with E-state index in [-0.39, 0.29) is 0 Å². The highest BCUT2D eigenvalue weighted by Crippen LogP contribution is 2.32. The molecule has 3 heteroatoms. The van der Waals surface area contributed by atoms with E-state index in [2.05, 4.69) is 24.3 Å². The summed E-state index contributed by atoms with van der Waals surface area (Å²) in [4.78, 5) is 4.83. The summed E-state index contributed by atoms with van der Waals surface area (Å²) in [5, 5.41) is 3.97. The number of nitrogens with zero attached hydrogens (tertiary/aromatic N) is 1. The lowest BCUT2D eigenvalue weighted by Gasteiger charge is -2.07. The summed E-state index contributed by atoms with van der Waals surface area (Å²) in [5.41, 5.74) is 4.01. The summed E-state index contributed by atoms with van der Waals surface area (Å²) in [6.07, 6.45) is 0. The number of aliphatic imine (C=N–C) groups is 1. The van der Waals surface area contributed by atoms with Gasteiger partial charge in [-0.3, -0.25) is 0 Å². The lowest BCUT2D eigenvalue weighted by atomic mass is 10.0. The van der Waals surface area contributed by atoms with E-state index < -0.39 is 0 Å². The second-order valence-electron chi connectivity index (χ2n) is 4.52. The van der Waals surface area contributed by atoms with Crippen molar-refractivity contribution in [2.45, 2.75) is 0 Å². The molecule has 0 N–H and O–H groups in total. The zero-order valence-corrected chi connectivity index (χ0v) is 12.5. The minimum Gasteiger partial charge on any atom is -0.494 e. The molecule has 0 aliphatic carbocycles. The van der Waals surface area contributed by atoms with Crippen LogP contribution in [0, 0.1) is 0 Å². The van der Waals surface area contributed by atoms with Crippen LogP contribution in [-0.2, 0) is 0 Å². The molecule has 0 fully saturated rings. The first-order valence-electron chi connectivity index (χ1n) is 6.68. The molecule has 0 saturated heterocycles. The van der Waals surface area contributed by atoms with Crippen LogP contribution >= 0.6 is 11.3 Å². The van der Waals surface area contributed by atoms with E-state index in [0.717, 1.165) is 28.3 Å². The molecule has 2 nitrogen and oxygen atoms in total. The van der Waals surface area contributed by atoms with Crippen LogP contribution in [0.5, 0.6) is 5.75 Å². The Hall–Kier alpha value is -2.39. The molecule has 104 valence electrons. The summed E-state index contributed by atoms with van der Waals surface area (Å²) in [6, 6.07) is 20.4. The predicted octanol–water partition coefficient (Wildman–Crippen LogP) is 4.93. The summed E-state index contributed by atoms with van der Waals surface area (Å²) in [6.45, 7) is 0. The minimum absolute atomic E-state index is 0.810. The Morgan fingerprint density at radius 3 is 1.95 bits per heavy atom. The molecule has 0 radical (unpaired) electrons. The molecule has 0 unspecified atom stereocenters. The van der Waals surface area contributed by atoms with Crippen LogP contribution in [0.2, 0.25) is 0 Å². The quantitative estimate of drug-likeness (QED) is 0.625. The van der Waals surface area contributed by atoms with Gasteiger partial charge in [-0.2, -0.15) is 0 Å². The van der Waals surface area contributed by atoms with E-state index in [1.165, 1.54) is 0 Å². The molecule has 3 rings (SSSR count). The van der Waals surface area contributed by atoms with E-state index in [1.54, 1.807) is 18.4 Å². The van der Waals surface area contributed by atoms with Crippen molar-refractivity contribution in [3.05, 3.63) is 82.6 Å². The van der Waals surface area contributed by atoms with Gasteiger partial charge in [0.25, 0.3) is 0 Å². The Balaban J connectivity index is 2.13. The molecule has 0 atom stereocenters. The zero-order chi connectivity index (χ0) is 14.5. The van der Waals surface area contributed by atoms with E-state index in [0.29, 0.717) is 0 Å². The first-order valence-corrected chi connectivity index (χ1v) is 7.62. The van der Waals surface area contributed by atoms with Gasteiger partial charge in [0, 0.05) is 21.9 Å². The lowest BCUT2D eigenvalue weighted by molar-refractivity contribution is 0.418. The van der Waals surface area contributed by atoms with Crippen molar-refractivity contribution in [2.24, 2.45) is 4.99 Å². The number of ether oxygens (including phenoxy) is 1. The van der Waals surface area contributed by atoms with Crippen molar-refractivity contribution < 1.29 is 4.74 Å². The van der Waals surface area contributed by atoms with Gasteiger partial charge in [-0.1, -0.05) is 60.7 Å². The van der Waals surface area contributed by atoms with Gasteiger partial charge >= 0.3 is 0 Å². The zero-order valence-electron chi connectivity index (χ0n) is 11.7. The highest BCUT2D eigenvalue weighted by molar-refractivity contribution is 7.08. The molecule has 0 amide bonds. The molecule has 2 aromatic carbocycles. The average Bonchev–Trinajstić information content (AvgIpc) is 3.01. The van der Waals surface area contributed by atoms with Gasteiger partial charge in [-0.15, -0.1) is 11.3 Å². The summed E-state index contributed by atoms with van der Waals surface area (Å²) in [7, 11) is 1.67. The lowest BCUT2D eigenvalue weighted by Crippen LogP contribution is -2.02. The third kappa shape index (κ3) is 3.03. The highest BCUT2D eigenvalue weighted by atomic mass is 32.1. The van der Waals surface area contributed by atoms with Gasteiger partial charge in [0.15, 0.2) is 5.75 Å². The maximum atomic E-state index is 5.36. The Bertz CT molecular complexity index is 691. The van der Waals surface area contributed by atoms with Crippen LogP contribution in [0.25, 0.3) is 0 Å². The maximum Gasteiger partial charge on any atom is 0.155 e. The Morgan fingerprint density at radius 1 is 0.857 bits per heavy atom. The number of thiophene rings is 1. The fraction of sp³-hybridized carbons (Fsp3) is 0.0556. The molecular formula is C18H15NOS. The van der Waals surface area contributed by atoms with Crippen LogP contribution in [0.4, 0.5) is 5.69 Å². The largest absolute Gasteiger partial charge is 0.494 e. The number of hydrogen-bond acceptors (Lipinski definition) is 3. The fourth-order valence-corrected chi connectivity index (χ4v) is 2.83. The summed E-state index contributed by atoms with van der Waals surface area (Å²) < 4.78 is 5.36. The van der Waals surface area contributed by atoms with Crippen molar-refractivity contribution >= 4 is 22.7 Å². The molecule has 21 heavy (non-hydrogen) atoms. The van der Waals surface area contributed by atoms with Crippen molar-refractivity contribution in [3.8, 4) is 5.75 Å². The molecule has 0 aliphatic heterocycles. The Morgan fingerprint density at radius 2 is 1.43 bits per heavy atom. The van der Waals surface area contributed by atoms with Crippen LogP contribution in [0.15, 0.2) is 76.4 Å². The molecular weight excluding hydrogens is 278 g/mol. The molecule has 1 aromatic heterocycles. The molecule has 0 saturated carbocycles. The van der Waals surface area contributed by atoms with Crippen molar-refractivity contribution in [3.63, 3.8) is 0 Å². The number of rotatable bonds is 4. The SMILES string of the molecule is COc1cscc1N=C(c1ccccc1)c1ccccc1. The second-order valence-corrected chi connectivity index (χ2v) is 5.26. The van der Waals surface area contributed by atoms with E-state index in [1.807, 2.05) is 47.2 Å². The van der Waals surface area contributed by atoms with Crippen molar-refractivity contribution in [2.75, 3.05) is 7.11 Å². The van der Waals surface area contributed by atoms with Crippen molar-refractivity contribution in [1.29, 1.82) is 0 Å². The third-order valence-corrected chi connectivity index (χ3v) is 3.86. The maximum absolute atomic E-state index is 5.36. The van der Waals surface area contributed by atoms with E-state index in [4.69, 9.17) is 9.73 Å². The summed E-state index contributed by atoms with van der Waals surface area (Å²) >= 11 is 1.59. The van der Waals surface area contributed by atoms with E-state index in [9.17, 15) is 0 Å². The normalized spacial score (nSPS) is 10.1. The average molecular weight is 293 g/mol. The predicted molar refractivity (Wildman–Crippen MR) is 89.1 cm³/mol. The fourth-order valence-electron chi connectivity index (χ4n) is 2.12. The number of benzene rings is 2. The standard InChI is InChI=1S/C18H15NOS/c1-20-17-13-21-12-16(17)19-18(14-8-4-2-5-9-14)15-10-6-3-7-11-15/h2-13H,1H3. The molecule has 3 aromatic rings. The Labute approximate surface area is 128 Å². The number of methoxy groups -OCH3 is 1. The smallest absolute Gasteiger partial charge is 0.155 e. The molecule has 0 spiro atoms. The van der Waals surface area contributed by atoms with Gasteiger partial charge in [0.1, 0.15) is 5.69 Å². The molecule has 1 heterocycles. The van der Waals surface area contributed by atoms with E-state index >= 15 is 0 Å². The van der Waals surface area contributed by atoms with Crippen LogP contribution in [0.1, 0.15) is 11.1 Å². The molecule has 0 aliphatic rings. The van der Waals surface area contributed by atoms with Crippen molar-refractivity contribution in [1.82, 2.24) is 0 Å². The van der Waals surface area contributed by atoms with Gasteiger partial charge in [0.05, 0.1) is 12.8 Å². The number of hydrogen-bond donors (Lipinski definition) is 0. The summed E-state index contributed by atoms with van der Waals surface area (Å²) in [5.74, 6) is 0.810. The van der Waals surface area contributed by atoms with Gasteiger partial charge in [0.2, 0.25) is 0 Å². The molecule has 0 bridgehead atoms. The second kappa shape index (κ2) is 6.37. The highest BCUT2D eigenvalue weighted by Gasteiger charge is 2.09. The third-order valence-electron chi connectivity index (χ3n) is 3.15. The monoisotopic (exact) mass is 293 g/mol. The van der Waals surface area contributed by atoms with Crippen LogP contribution in [-0.4, -0.2) is 12.8 Å². The van der Waals surface area contributed by atoms with Gasteiger partial charge < -0.3 is 4.74 Å². The Kier molecular flexibility index (Phi) is 4.12. The van der Waals surface area contributed by atoms with Gasteiger partial charge in [-0.05, 0) is 0 Å². The first kappa shape index (κ1) is 13.6. The topological polar surface area (TPSA) is 21.6 Å². The van der Waals surface area contributed by atoms with Crippen LogP contribution < -0.4 is 4.74 Å². The van der Waals surface area contributed by atoms with Gasteiger partial charge in [-0.25, -0.2) is 4.99 Å². The first-order chi connectivity index (χ1) is 10.4. The minimum atomic E-state index is 0.810.